The van der Waals surface area contributed by atoms with Gasteiger partial charge in [-0.25, -0.2) is 13.1 Å². The van der Waals surface area contributed by atoms with E-state index in [0.717, 1.165) is 17.7 Å². The Balaban J connectivity index is 1.92. The first kappa shape index (κ1) is 19.5. The molecule has 1 unspecified atom stereocenters. The zero-order valence-electron chi connectivity index (χ0n) is 13.8. The van der Waals surface area contributed by atoms with Crippen LogP contribution in [-0.4, -0.2) is 15.0 Å². The Hall–Kier alpha value is -1.86. The molecule has 25 heavy (non-hydrogen) atoms. The molecule has 0 bridgehead atoms. The fourth-order valence-corrected chi connectivity index (χ4v) is 3.64. The SMILES string of the molecule is CC(CCNS(=O)(=O)Cc1cccc(C(F)(F)F)c1)c1ccccc1. The van der Waals surface area contributed by atoms with E-state index in [2.05, 4.69) is 4.72 Å². The first-order chi connectivity index (χ1) is 11.7. The first-order valence-corrected chi connectivity index (χ1v) is 9.51. The van der Waals surface area contributed by atoms with Crippen LogP contribution in [0.3, 0.4) is 0 Å². The normalized spacial score (nSPS) is 13.6. The lowest BCUT2D eigenvalue weighted by molar-refractivity contribution is -0.137. The van der Waals surface area contributed by atoms with Gasteiger partial charge >= 0.3 is 6.18 Å². The number of sulfonamides is 1. The summed E-state index contributed by atoms with van der Waals surface area (Å²) in [4.78, 5) is 0. The van der Waals surface area contributed by atoms with E-state index >= 15 is 0 Å². The van der Waals surface area contributed by atoms with Gasteiger partial charge in [-0.1, -0.05) is 55.5 Å². The van der Waals surface area contributed by atoms with E-state index in [0.29, 0.717) is 6.42 Å². The molecule has 2 aromatic rings. The molecule has 0 heterocycles. The van der Waals surface area contributed by atoms with Crippen LogP contribution in [0.1, 0.15) is 36.0 Å². The fourth-order valence-electron chi connectivity index (χ4n) is 2.49. The third-order valence-electron chi connectivity index (χ3n) is 3.88. The summed E-state index contributed by atoms with van der Waals surface area (Å²) in [5.41, 5.74) is 0.371. The minimum atomic E-state index is -4.49. The predicted octanol–water partition coefficient (Wildman–Crippen LogP) is 4.32. The van der Waals surface area contributed by atoms with Gasteiger partial charge in [-0.05, 0) is 29.5 Å². The quantitative estimate of drug-likeness (QED) is 0.788. The average Bonchev–Trinajstić information content (AvgIpc) is 2.54. The lowest BCUT2D eigenvalue weighted by Gasteiger charge is -2.13. The minimum Gasteiger partial charge on any atom is -0.215 e. The molecule has 0 amide bonds. The molecular formula is C18H20F3NO2S. The van der Waals surface area contributed by atoms with Crippen molar-refractivity contribution in [1.29, 1.82) is 0 Å². The van der Waals surface area contributed by atoms with Crippen molar-refractivity contribution < 1.29 is 21.6 Å². The topological polar surface area (TPSA) is 46.2 Å². The van der Waals surface area contributed by atoms with Crippen molar-refractivity contribution >= 4 is 10.0 Å². The molecule has 0 fully saturated rings. The lowest BCUT2D eigenvalue weighted by atomic mass is 9.98. The molecule has 1 atom stereocenters. The van der Waals surface area contributed by atoms with Gasteiger partial charge in [-0.15, -0.1) is 0 Å². The Morgan fingerprint density at radius 2 is 1.72 bits per heavy atom. The van der Waals surface area contributed by atoms with E-state index in [4.69, 9.17) is 0 Å². The second-order valence-corrected chi connectivity index (χ2v) is 7.76. The summed E-state index contributed by atoms with van der Waals surface area (Å²) in [7, 11) is -3.69. The van der Waals surface area contributed by atoms with E-state index in [9.17, 15) is 21.6 Å². The molecular weight excluding hydrogens is 351 g/mol. The van der Waals surface area contributed by atoms with Crippen LogP contribution in [0.25, 0.3) is 0 Å². The van der Waals surface area contributed by atoms with E-state index in [1.165, 1.54) is 12.1 Å². The summed E-state index contributed by atoms with van der Waals surface area (Å²) >= 11 is 0. The Bertz CT molecular complexity index is 789. The van der Waals surface area contributed by atoms with Gasteiger partial charge < -0.3 is 0 Å². The first-order valence-electron chi connectivity index (χ1n) is 7.86. The summed E-state index contributed by atoms with van der Waals surface area (Å²) in [6, 6.07) is 14.1. The van der Waals surface area contributed by atoms with Gasteiger partial charge in [0, 0.05) is 6.54 Å². The monoisotopic (exact) mass is 371 g/mol. The predicted molar refractivity (Wildman–Crippen MR) is 91.5 cm³/mol. The molecule has 3 nitrogen and oxygen atoms in total. The molecule has 0 aliphatic heterocycles. The minimum absolute atomic E-state index is 0.110. The molecule has 2 aromatic carbocycles. The molecule has 0 spiro atoms. The van der Waals surface area contributed by atoms with Crippen molar-refractivity contribution in [2.24, 2.45) is 0 Å². The Labute approximate surface area is 145 Å². The van der Waals surface area contributed by atoms with E-state index < -0.39 is 27.5 Å². The van der Waals surface area contributed by atoms with Crippen molar-refractivity contribution in [2.75, 3.05) is 6.54 Å². The Morgan fingerprint density at radius 3 is 2.36 bits per heavy atom. The van der Waals surface area contributed by atoms with Crippen molar-refractivity contribution in [1.82, 2.24) is 4.72 Å². The van der Waals surface area contributed by atoms with Gasteiger partial charge in [0.1, 0.15) is 0 Å². The third-order valence-corrected chi connectivity index (χ3v) is 5.24. The highest BCUT2D eigenvalue weighted by Gasteiger charge is 2.30. The summed E-state index contributed by atoms with van der Waals surface area (Å²) in [5.74, 6) is -0.297. The second-order valence-electron chi connectivity index (χ2n) is 5.95. The van der Waals surface area contributed by atoms with Crippen LogP contribution in [0.5, 0.6) is 0 Å². The maximum Gasteiger partial charge on any atom is 0.416 e. The molecule has 2 rings (SSSR count). The van der Waals surface area contributed by atoms with Gasteiger partial charge in [-0.2, -0.15) is 13.2 Å². The number of rotatable bonds is 7. The van der Waals surface area contributed by atoms with Crippen molar-refractivity contribution in [2.45, 2.75) is 31.2 Å². The maximum atomic E-state index is 12.7. The zero-order valence-corrected chi connectivity index (χ0v) is 14.6. The summed E-state index contributed by atoms with van der Waals surface area (Å²) in [6.45, 7) is 2.23. The molecule has 7 heteroatoms. The number of hydrogen-bond acceptors (Lipinski definition) is 2. The number of alkyl halides is 3. The lowest BCUT2D eigenvalue weighted by Crippen LogP contribution is -2.27. The zero-order chi connectivity index (χ0) is 18.5. The van der Waals surface area contributed by atoms with Gasteiger partial charge in [0.2, 0.25) is 10.0 Å². The van der Waals surface area contributed by atoms with Crippen LogP contribution in [-0.2, 0) is 22.0 Å². The highest BCUT2D eigenvalue weighted by molar-refractivity contribution is 7.88. The van der Waals surface area contributed by atoms with Gasteiger partial charge in [0.05, 0.1) is 11.3 Å². The van der Waals surface area contributed by atoms with Crippen LogP contribution < -0.4 is 4.72 Å². The standard InChI is InChI=1S/C18H20F3NO2S/c1-14(16-7-3-2-4-8-16)10-11-22-25(23,24)13-15-6-5-9-17(12-15)18(19,20)21/h2-9,12,14,22H,10-11,13H2,1H3. The molecule has 1 N–H and O–H groups in total. The van der Waals surface area contributed by atoms with Crippen LogP contribution in [0.15, 0.2) is 54.6 Å². The van der Waals surface area contributed by atoms with Gasteiger partial charge in [-0.3, -0.25) is 0 Å². The molecule has 0 radical (unpaired) electrons. The van der Waals surface area contributed by atoms with Crippen LogP contribution in [0.2, 0.25) is 0 Å². The summed E-state index contributed by atoms with van der Waals surface area (Å²) < 4.78 is 64.7. The van der Waals surface area contributed by atoms with Crippen molar-refractivity contribution in [3.8, 4) is 0 Å². The number of hydrogen-bond donors (Lipinski definition) is 1. The van der Waals surface area contributed by atoms with E-state index in [-0.39, 0.29) is 18.0 Å². The average molecular weight is 371 g/mol. The van der Waals surface area contributed by atoms with Gasteiger partial charge in [0.15, 0.2) is 0 Å². The largest absolute Gasteiger partial charge is 0.416 e. The Morgan fingerprint density at radius 1 is 1.04 bits per heavy atom. The molecule has 0 aromatic heterocycles. The molecule has 0 saturated heterocycles. The van der Waals surface area contributed by atoms with Crippen molar-refractivity contribution in [3.63, 3.8) is 0 Å². The Kier molecular flexibility index (Phi) is 6.24. The summed E-state index contributed by atoms with van der Waals surface area (Å²) in [6.07, 6.45) is -3.88. The van der Waals surface area contributed by atoms with E-state index in [1.54, 1.807) is 0 Å². The van der Waals surface area contributed by atoms with Crippen molar-refractivity contribution in [3.05, 3.63) is 71.3 Å². The van der Waals surface area contributed by atoms with Gasteiger partial charge in [0.25, 0.3) is 0 Å². The fraction of sp³-hybridized carbons (Fsp3) is 0.333. The number of halogens is 3. The highest BCUT2D eigenvalue weighted by atomic mass is 32.2. The van der Waals surface area contributed by atoms with Crippen LogP contribution in [0, 0.1) is 0 Å². The third kappa shape index (κ3) is 6.17. The second kappa shape index (κ2) is 8.01. The highest BCUT2D eigenvalue weighted by Crippen LogP contribution is 2.29. The number of benzene rings is 2. The molecule has 0 saturated carbocycles. The summed E-state index contributed by atoms with van der Waals surface area (Å²) in [5, 5.41) is 0. The van der Waals surface area contributed by atoms with Crippen LogP contribution >= 0.6 is 0 Å². The maximum absolute atomic E-state index is 12.7. The number of nitrogens with one attached hydrogen (secondary N) is 1. The molecule has 136 valence electrons. The van der Waals surface area contributed by atoms with Crippen LogP contribution in [0.4, 0.5) is 13.2 Å². The van der Waals surface area contributed by atoms with E-state index in [1.807, 2.05) is 37.3 Å². The molecule has 0 aliphatic carbocycles. The molecule has 0 aliphatic rings. The smallest absolute Gasteiger partial charge is 0.215 e.